The molecule has 1 atom stereocenters. The minimum atomic E-state index is -0.900. The van der Waals surface area contributed by atoms with Crippen molar-refractivity contribution in [3.05, 3.63) is 0 Å². The van der Waals surface area contributed by atoms with E-state index in [1.54, 1.807) is 11.8 Å². The van der Waals surface area contributed by atoms with Gasteiger partial charge in [0.15, 0.2) is 0 Å². The Morgan fingerprint density at radius 2 is 1.88 bits per heavy atom. The normalized spacial score (nSPS) is 13.3. The first-order chi connectivity index (χ1) is 7.14. The maximum Gasteiger partial charge on any atom is 0.305 e. The Kier molecular flexibility index (Phi) is 5.44. The molecule has 0 aromatic rings. The van der Waals surface area contributed by atoms with E-state index in [0.717, 1.165) is 0 Å². The molecule has 0 aliphatic carbocycles. The standard InChI is InChI=1S/C11H22N2O3/c1-8(12)7-9(14)13(11(2,3)4)6-5-10(15)16/h8H,5-7,12H2,1-4H3,(H,15,16). The molecule has 1 unspecified atom stereocenters. The lowest BCUT2D eigenvalue weighted by Gasteiger charge is -2.36. The van der Waals surface area contributed by atoms with Crippen LogP contribution >= 0.6 is 0 Å². The minimum Gasteiger partial charge on any atom is -0.481 e. The third kappa shape index (κ3) is 5.70. The van der Waals surface area contributed by atoms with Crippen molar-refractivity contribution in [1.29, 1.82) is 0 Å². The van der Waals surface area contributed by atoms with Crippen molar-refractivity contribution in [2.45, 2.75) is 52.1 Å². The predicted molar refractivity (Wildman–Crippen MR) is 62.0 cm³/mol. The number of nitrogens with two attached hydrogens (primary N) is 1. The highest BCUT2D eigenvalue weighted by molar-refractivity contribution is 5.78. The number of carboxylic acid groups (broad SMARTS) is 1. The van der Waals surface area contributed by atoms with E-state index in [-0.39, 0.29) is 36.9 Å². The molecule has 3 N–H and O–H groups in total. The molecule has 0 aliphatic heterocycles. The summed E-state index contributed by atoms with van der Waals surface area (Å²) in [7, 11) is 0. The van der Waals surface area contributed by atoms with E-state index in [1.807, 2.05) is 20.8 Å². The van der Waals surface area contributed by atoms with Gasteiger partial charge in [-0.15, -0.1) is 0 Å². The Morgan fingerprint density at radius 1 is 1.38 bits per heavy atom. The number of carbonyl (C=O) groups excluding carboxylic acids is 1. The van der Waals surface area contributed by atoms with Gasteiger partial charge in [0.25, 0.3) is 0 Å². The van der Waals surface area contributed by atoms with E-state index < -0.39 is 5.97 Å². The second-order valence-corrected chi connectivity index (χ2v) is 5.04. The third-order valence-corrected chi connectivity index (χ3v) is 2.16. The van der Waals surface area contributed by atoms with Crippen molar-refractivity contribution in [2.75, 3.05) is 6.54 Å². The van der Waals surface area contributed by atoms with Crippen molar-refractivity contribution in [3.8, 4) is 0 Å². The van der Waals surface area contributed by atoms with Crippen LogP contribution in [0.3, 0.4) is 0 Å². The molecule has 0 aromatic heterocycles. The number of carbonyl (C=O) groups is 2. The van der Waals surface area contributed by atoms with Crippen LogP contribution < -0.4 is 5.73 Å². The molecule has 5 nitrogen and oxygen atoms in total. The molecule has 0 fully saturated rings. The fraction of sp³-hybridized carbons (Fsp3) is 0.818. The average molecular weight is 230 g/mol. The first-order valence-electron chi connectivity index (χ1n) is 5.42. The van der Waals surface area contributed by atoms with Crippen LogP contribution in [0.4, 0.5) is 0 Å². The van der Waals surface area contributed by atoms with E-state index in [1.165, 1.54) is 0 Å². The summed E-state index contributed by atoms with van der Waals surface area (Å²) in [5.74, 6) is -0.994. The highest BCUT2D eigenvalue weighted by atomic mass is 16.4. The van der Waals surface area contributed by atoms with Gasteiger partial charge >= 0.3 is 5.97 Å². The molecular formula is C11H22N2O3. The smallest absolute Gasteiger partial charge is 0.305 e. The monoisotopic (exact) mass is 230 g/mol. The fourth-order valence-electron chi connectivity index (χ4n) is 1.43. The third-order valence-electron chi connectivity index (χ3n) is 2.16. The fourth-order valence-corrected chi connectivity index (χ4v) is 1.43. The number of hydrogen-bond acceptors (Lipinski definition) is 3. The van der Waals surface area contributed by atoms with Gasteiger partial charge in [-0.3, -0.25) is 9.59 Å². The quantitative estimate of drug-likeness (QED) is 0.732. The van der Waals surface area contributed by atoms with Crippen molar-refractivity contribution in [3.63, 3.8) is 0 Å². The first kappa shape index (κ1) is 14.9. The number of aliphatic carboxylic acids is 1. The Morgan fingerprint density at radius 3 is 2.19 bits per heavy atom. The van der Waals surface area contributed by atoms with E-state index in [2.05, 4.69) is 0 Å². The molecule has 0 radical (unpaired) electrons. The summed E-state index contributed by atoms with van der Waals surface area (Å²) < 4.78 is 0. The summed E-state index contributed by atoms with van der Waals surface area (Å²) in [6, 6.07) is -0.206. The highest BCUT2D eigenvalue weighted by Gasteiger charge is 2.26. The van der Waals surface area contributed by atoms with Gasteiger partial charge in [0.2, 0.25) is 5.91 Å². The molecule has 0 aliphatic rings. The van der Waals surface area contributed by atoms with Crippen LogP contribution in [-0.2, 0) is 9.59 Å². The second kappa shape index (κ2) is 5.84. The molecule has 0 saturated heterocycles. The maximum atomic E-state index is 11.9. The summed E-state index contributed by atoms with van der Waals surface area (Å²) >= 11 is 0. The summed E-state index contributed by atoms with van der Waals surface area (Å²) in [6.07, 6.45) is 0.207. The molecule has 0 heterocycles. The molecule has 94 valence electrons. The SMILES string of the molecule is CC(N)CC(=O)N(CCC(=O)O)C(C)(C)C. The summed E-state index contributed by atoms with van der Waals surface area (Å²) in [4.78, 5) is 24.0. The van der Waals surface area contributed by atoms with Crippen LogP contribution in [0.15, 0.2) is 0 Å². The van der Waals surface area contributed by atoms with Gasteiger partial charge in [0, 0.05) is 24.5 Å². The Hall–Kier alpha value is -1.10. The molecule has 0 bridgehead atoms. The molecule has 0 saturated carbocycles. The molecule has 0 aromatic carbocycles. The average Bonchev–Trinajstić information content (AvgIpc) is 1.98. The van der Waals surface area contributed by atoms with E-state index in [0.29, 0.717) is 0 Å². The number of rotatable bonds is 5. The van der Waals surface area contributed by atoms with Crippen LogP contribution in [0, 0.1) is 0 Å². The van der Waals surface area contributed by atoms with Crippen molar-refractivity contribution in [2.24, 2.45) is 5.73 Å². The zero-order valence-corrected chi connectivity index (χ0v) is 10.5. The molecule has 1 amide bonds. The predicted octanol–water partition coefficient (Wildman–Crippen LogP) is 0.825. The number of amides is 1. The Bertz CT molecular complexity index is 256. The lowest BCUT2D eigenvalue weighted by atomic mass is 10.0. The largest absolute Gasteiger partial charge is 0.481 e. The van der Waals surface area contributed by atoms with Gasteiger partial charge in [-0.1, -0.05) is 0 Å². The first-order valence-corrected chi connectivity index (χ1v) is 5.42. The molecule has 0 rings (SSSR count). The second-order valence-electron chi connectivity index (χ2n) is 5.04. The van der Waals surface area contributed by atoms with Crippen molar-refractivity contribution >= 4 is 11.9 Å². The maximum absolute atomic E-state index is 11.9. The lowest BCUT2D eigenvalue weighted by molar-refractivity contribution is -0.140. The van der Waals surface area contributed by atoms with Crippen LogP contribution in [0.5, 0.6) is 0 Å². The van der Waals surface area contributed by atoms with Gasteiger partial charge in [-0.05, 0) is 27.7 Å². The van der Waals surface area contributed by atoms with Gasteiger partial charge in [0.05, 0.1) is 6.42 Å². The van der Waals surface area contributed by atoms with Crippen LogP contribution in [-0.4, -0.2) is 40.0 Å². The van der Waals surface area contributed by atoms with E-state index in [9.17, 15) is 9.59 Å². The van der Waals surface area contributed by atoms with Gasteiger partial charge < -0.3 is 15.7 Å². The highest BCUT2D eigenvalue weighted by Crippen LogP contribution is 2.15. The zero-order valence-electron chi connectivity index (χ0n) is 10.5. The number of nitrogens with zero attached hydrogens (tertiary/aromatic N) is 1. The molecule has 16 heavy (non-hydrogen) atoms. The topological polar surface area (TPSA) is 83.6 Å². The van der Waals surface area contributed by atoms with Gasteiger partial charge in [-0.2, -0.15) is 0 Å². The van der Waals surface area contributed by atoms with Crippen LogP contribution in [0.25, 0.3) is 0 Å². The van der Waals surface area contributed by atoms with Crippen LogP contribution in [0.2, 0.25) is 0 Å². The summed E-state index contributed by atoms with van der Waals surface area (Å²) in [5.41, 5.74) is 5.19. The van der Waals surface area contributed by atoms with Gasteiger partial charge in [0.1, 0.15) is 0 Å². The number of hydrogen-bond donors (Lipinski definition) is 2. The number of carboxylic acids is 1. The van der Waals surface area contributed by atoms with Gasteiger partial charge in [-0.25, -0.2) is 0 Å². The van der Waals surface area contributed by atoms with Crippen LogP contribution in [0.1, 0.15) is 40.5 Å². The summed E-state index contributed by atoms with van der Waals surface area (Å²) in [5, 5.41) is 8.63. The molecular weight excluding hydrogens is 208 g/mol. The van der Waals surface area contributed by atoms with Crippen molar-refractivity contribution < 1.29 is 14.7 Å². The zero-order chi connectivity index (χ0) is 12.9. The minimum absolute atomic E-state index is 0.0397. The Balaban J connectivity index is 4.55. The van der Waals surface area contributed by atoms with Crippen molar-refractivity contribution in [1.82, 2.24) is 4.90 Å². The Labute approximate surface area is 96.6 Å². The molecule has 0 spiro atoms. The van der Waals surface area contributed by atoms with E-state index in [4.69, 9.17) is 10.8 Å². The van der Waals surface area contributed by atoms with E-state index >= 15 is 0 Å². The lowest BCUT2D eigenvalue weighted by Crippen LogP contribution is -2.47. The molecule has 5 heteroatoms. The summed E-state index contributed by atoms with van der Waals surface area (Å²) in [6.45, 7) is 7.64.